The van der Waals surface area contributed by atoms with Gasteiger partial charge in [-0.3, -0.25) is 14.6 Å². The zero-order chi connectivity index (χ0) is 31.0. The predicted molar refractivity (Wildman–Crippen MR) is 179 cm³/mol. The van der Waals surface area contributed by atoms with Crippen molar-refractivity contribution in [2.24, 2.45) is 0 Å². The number of nitrogens with zero attached hydrogens (tertiary/aromatic N) is 6. The molecule has 4 heterocycles. The molecule has 2 fully saturated rings. The molecule has 0 amide bonds. The van der Waals surface area contributed by atoms with Crippen LogP contribution in [0, 0.1) is 0 Å². The molecule has 6 rings (SSSR count). The third kappa shape index (κ3) is 7.85. The van der Waals surface area contributed by atoms with E-state index in [4.69, 9.17) is 25.8 Å². The van der Waals surface area contributed by atoms with Gasteiger partial charge in [0.1, 0.15) is 23.5 Å². The summed E-state index contributed by atoms with van der Waals surface area (Å²) in [6.07, 6.45) is 4.81. The zero-order valence-corrected chi connectivity index (χ0v) is 27.0. The molecule has 3 aliphatic rings. The first kappa shape index (κ1) is 31.5. The van der Waals surface area contributed by atoms with Crippen molar-refractivity contribution in [2.75, 3.05) is 88.5 Å². The minimum Gasteiger partial charge on any atom is -0.492 e. The third-order valence-corrected chi connectivity index (χ3v) is 9.29. The molecular weight excluding hydrogens is 592 g/mol. The molecule has 1 aromatic heterocycles. The Morgan fingerprint density at radius 1 is 0.822 bits per heavy atom. The molecule has 3 aliphatic heterocycles. The summed E-state index contributed by atoms with van der Waals surface area (Å²) in [6, 6.07) is 16.1. The van der Waals surface area contributed by atoms with Crippen LogP contribution in [-0.4, -0.2) is 104 Å². The number of rotatable bonds is 12. The van der Waals surface area contributed by atoms with Crippen LogP contribution in [-0.2, 0) is 6.54 Å². The standard InChI is InChI=1S/C34H45ClN6O4/c1-2-43-30-11-5-4-10-28(30)39-20-16-37(17-21-39)14-8-3-9-15-41-34(42)33(35)29(24-36-41)40-22-18-38(19-23-40)25-27-26-44-31-12-6-7-13-32(31)45-27/h4-7,10-13,24,27H,2-3,8-9,14-23,25-26H2,1H3. The summed E-state index contributed by atoms with van der Waals surface area (Å²) in [5.74, 6) is 2.58. The average molecular weight is 637 g/mol. The number of piperazine rings is 2. The van der Waals surface area contributed by atoms with E-state index in [0.717, 1.165) is 108 Å². The van der Waals surface area contributed by atoms with Crippen LogP contribution >= 0.6 is 11.6 Å². The van der Waals surface area contributed by atoms with Gasteiger partial charge >= 0.3 is 0 Å². The molecule has 45 heavy (non-hydrogen) atoms. The monoisotopic (exact) mass is 636 g/mol. The number of hydrogen-bond donors (Lipinski definition) is 0. The van der Waals surface area contributed by atoms with Crippen LogP contribution in [0.4, 0.5) is 11.4 Å². The molecule has 0 N–H and O–H groups in total. The van der Waals surface area contributed by atoms with Crippen molar-refractivity contribution in [1.29, 1.82) is 0 Å². The van der Waals surface area contributed by atoms with Gasteiger partial charge in [-0.1, -0.05) is 42.3 Å². The summed E-state index contributed by atoms with van der Waals surface area (Å²) in [5.41, 5.74) is 1.72. The van der Waals surface area contributed by atoms with Crippen LogP contribution in [0.2, 0.25) is 5.02 Å². The van der Waals surface area contributed by atoms with Gasteiger partial charge in [0.05, 0.1) is 24.2 Å². The predicted octanol–water partition coefficient (Wildman–Crippen LogP) is 4.25. The number of aryl methyl sites for hydroxylation is 1. The molecule has 3 aromatic rings. The Morgan fingerprint density at radius 2 is 1.49 bits per heavy atom. The van der Waals surface area contributed by atoms with Gasteiger partial charge in [-0.05, 0) is 50.6 Å². The van der Waals surface area contributed by atoms with Crippen LogP contribution in [0.3, 0.4) is 0 Å². The Kier molecular flexibility index (Phi) is 10.6. The van der Waals surface area contributed by atoms with E-state index in [9.17, 15) is 4.79 Å². The molecule has 1 atom stereocenters. The molecule has 0 saturated carbocycles. The Labute approximate surface area is 271 Å². The number of para-hydroxylation sites is 4. The molecule has 1 unspecified atom stereocenters. The molecule has 242 valence electrons. The molecule has 2 aromatic carbocycles. The number of fused-ring (bicyclic) bond motifs is 1. The highest BCUT2D eigenvalue weighted by molar-refractivity contribution is 6.33. The lowest BCUT2D eigenvalue weighted by Gasteiger charge is -2.38. The first-order chi connectivity index (χ1) is 22.1. The van der Waals surface area contributed by atoms with E-state index < -0.39 is 0 Å². The maximum Gasteiger partial charge on any atom is 0.287 e. The van der Waals surface area contributed by atoms with Gasteiger partial charge in [0.25, 0.3) is 5.56 Å². The number of anilines is 2. The van der Waals surface area contributed by atoms with Crippen molar-refractivity contribution >= 4 is 23.0 Å². The van der Waals surface area contributed by atoms with Crippen molar-refractivity contribution in [3.63, 3.8) is 0 Å². The van der Waals surface area contributed by atoms with Crippen molar-refractivity contribution in [1.82, 2.24) is 19.6 Å². The van der Waals surface area contributed by atoms with E-state index in [0.29, 0.717) is 19.8 Å². The van der Waals surface area contributed by atoms with Crippen molar-refractivity contribution in [2.45, 2.75) is 38.8 Å². The number of ether oxygens (including phenoxy) is 3. The average Bonchev–Trinajstić information content (AvgIpc) is 3.08. The summed E-state index contributed by atoms with van der Waals surface area (Å²) in [5, 5.41) is 4.76. The van der Waals surface area contributed by atoms with Gasteiger partial charge in [-0.15, -0.1) is 0 Å². The zero-order valence-electron chi connectivity index (χ0n) is 26.3. The van der Waals surface area contributed by atoms with Crippen LogP contribution in [0.1, 0.15) is 26.2 Å². The third-order valence-electron chi connectivity index (χ3n) is 8.93. The largest absolute Gasteiger partial charge is 0.492 e. The second kappa shape index (κ2) is 15.2. The van der Waals surface area contributed by atoms with E-state index in [2.05, 4.69) is 42.9 Å². The highest BCUT2D eigenvalue weighted by Crippen LogP contribution is 2.32. The van der Waals surface area contributed by atoms with Crippen LogP contribution < -0.4 is 29.6 Å². The quantitative estimate of drug-likeness (QED) is 0.271. The van der Waals surface area contributed by atoms with E-state index in [1.165, 1.54) is 10.4 Å². The van der Waals surface area contributed by atoms with E-state index in [-0.39, 0.29) is 16.7 Å². The molecular formula is C34H45ClN6O4. The molecule has 0 spiro atoms. The fourth-order valence-electron chi connectivity index (χ4n) is 6.43. The number of benzene rings is 2. The SMILES string of the molecule is CCOc1ccccc1N1CCN(CCCCCn2ncc(N3CCN(CC4COc5ccccc5O4)CC3)c(Cl)c2=O)CC1. The summed E-state index contributed by atoms with van der Waals surface area (Å²) < 4.78 is 19.4. The highest BCUT2D eigenvalue weighted by Gasteiger charge is 2.27. The van der Waals surface area contributed by atoms with E-state index in [1.54, 1.807) is 6.20 Å². The topological polar surface area (TPSA) is 75.5 Å². The molecule has 0 bridgehead atoms. The number of halogens is 1. The normalized spacial score (nSPS) is 19.1. The number of aromatic nitrogens is 2. The Bertz CT molecular complexity index is 1450. The fraction of sp³-hybridized carbons (Fsp3) is 0.529. The Balaban J connectivity index is 0.898. The van der Waals surface area contributed by atoms with Crippen LogP contribution in [0.15, 0.2) is 59.5 Å². The Morgan fingerprint density at radius 3 is 2.27 bits per heavy atom. The summed E-state index contributed by atoms with van der Waals surface area (Å²) in [7, 11) is 0. The van der Waals surface area contributed by atoms with E-state index in [1.807, 2.05) is 37.3 Å². The highest BCUT2D eigenvalue weighted by atomic mass is 35.5. The summed E-state index contributed by atoms with van der Waals surface area (Å²) in [4.78, 5) is 22.6. The van der Waals surface area contributed by atoms with Gasteiger partial charge < -0.3 is 24.0 Å². The fourth-order valence-corrected chi connectivity index (χ4v) is 6.70. The second-order valence-electron chi connectivity index (χ2n) is 11.9. The van der Waals surface area contributed by atoms with Crippen LogP contribution in [0.5, 0.6) is 17.2 Å². The lowest BCUT2D eigenvalue weighted by atomic mass is 10.2. The summed E-state index contributed by atoms with van der Waals surface area (Å²) in [6.45, 7) is 13.1. The molecule has 0 radical (unpaired) electrons. The van der Waals surface area contributed by atoms with Gasteiger partial charge in [0.15, 0.2) is 11.5 Å². The van der Waals surface area contributed by atoms with Gasteiger partial charge in [0, 0.05) is 65.4 Å². The minimum absolute atomic E-state index is 0.000112. The summed E-state index contributed by atoms with van der Waals surface area (Å²) >= 11 is 6.61. The first-order valence-electron chi connectivity index (χ1n) is 16.4. The number of hydrogen-bond acceptors (Lipinski definition) is 9. The van der Waals surface area contributed by atoms with E-state index >= 15 is 0 Å². The van der Waals surface area contributed by atoms with Gasteiger partial charge in [0.2, 0.25) is 0 Å². The Hall–Kier alpha value is -3.47. The van der Waals surface area contributed by atoms with Gasteiger partial charge in [-0.2, -0.15) is 5.10 Å². The lowest BCUT2D eigenvalue weighted by Crippen LogP contribution is -2.51. The van der Waals surface area contributed by atoms with Gasteiger partial charge in [-0.25, -0.2) is 4.68 Å². The first-order valence-corrected chi connectivity index (χ1v) is 16.8. The van der Waals surface area contributed by atoms with Crippen molar-refractivity contribution in [3.05, 3.63) is 70.1 Å². The number of unbranched alkanes of at least 4 members (excludes halogenated alkanes) is 2. The molecule has 10 nitrogen and oxygen atoms in total. The maximum atomic E-state index is 13.1. The van der Waals surface area contributed by atoms with Crippen molar-refractivity contribution < 1.29 is 14.2 Å². The second-order valence-corrected chi connectivity index (χ2v) is 12.3. The van der Waals surface area contributed by atoms with Crippen molar-refractivity contribution in [3.8, 4) is 17.2 Å². The maximum absolute atomic E-state index is 13.1. The molecule has 0 aliphatic carbocycles. The lowest BCUT2D eigenvalue weighted by molar-refractivity contribution is 0.0571. The molecule has 2 saturated heterocycles. The van der Waals surface area contributed by atoms with Crippen LogP contribution in [0.25, 0.3) is 0 Å². The molecule has 11 heteroatoms. The minimum atomic E-state index is -0.202. The smallest absolute Gasteiger partial charge is 0.287 e.